The summed E-state index contributed by atoms with van der Waals surface area (Å²) in [6, 6.07) is 8.98. The lowest BCUT2D eigenvalue weighted by Gasteiger charge is -2.22. The van der Waals surface area contributed by atoms with Gasteiger partial charge in [-0.05, 0) is 30.3 Å². The number of hydrogen-bond acceptors (Lipinski definition) is 5. The summed E-state index contributed by atoms with van der Waals surface area (Å²) >= 11 is 5.84. The number of nitrogens with zero attached hydrogens (tertiary/aromatic N) is 2. The lowest BCUT2D eigenvalue weighted by Crippen LogP contribution is -1.98. The molecule has 0 atom stereocenters. The highest BCUT2D eigenvalue weighted by molar-refractivity contribution is 7.94. The van der Waals surface area contributed by atoms with Crippen molar-refractivity contribution >= 4 is 33.0 Å². The molecule has 0 spiro atoms. The van der Waals surface area contributed by atoms with Crippen LogP contribution in [0.15, 0.2) is 47.4 Å². The summed E-state index contributed by atoms with van der Waals surface area (Å²) in [5.41, 5.74) is -0.486. The molecule has 0 saturated carbocycles. The molecule has 0 bridgehead atoms. The van der Waals surface area contributed by atoms with Crippen LogP contribution < -0.4 is 4.74 Å². The molecule has 0 N–H and O–H groups in total. The predicted molar refractivity (Wildman–Crippen MR) is 81.3 cm³/mol. The molecular weight excluding hydrogens is 332 g/mol. The maximum atomic E-state index is 12.2. The Labute approximate surface area is 131 Å². The number of nitro groups is 1. The molecule has 0 heterocycles. The molecule has 116 valence electrons. The highest BCUT2D eigenvalue weighted by Crippen LogP contribution is 2.36. The van der Waals surface area contributed by atoms with Gasteiger partial charge in [-0.1, -0.05) is 11.6 Å². The maximum absolute atomic E-state index is 12.2. The van der Waals surface area contributed by atoms with Gasteiger partial charge in [0.05, 0.1) is 16.9 Å². The van der Waals surface area contributed by atoms with Crippen LogP contribution in [0.25, 0.3) is 4.72 Å². The Kier molecular flexibility index (Phi) is 4.53. The van der Waals surface area contributed by atoms with E-state index in [2.05, 4.69) is 4.72 Å². The van der Waals surface area contributed by atoms with E-state index in [1.807, 2.05) is 0 Å². The van der Waals surface area contributed by atoms with Crippen LogP contribution in [0, 0.1) is 10.1 Å². The molecule has 0 aliphatic rings. The zero-order valence-corrected chi connectivity index (χ0v) is 12.8. The average molecular weight is 342 g/mol. The molecule has 2 rings (SSSR count). The molecular formula is C13H10ClN2O5S-. The van der Waals surface area contributed by atoms with Crippen molar-refractivity contribution in [3.63, 3.8) is 0 Å². The summed E-state index contributed by atoms with van der Waals surface area (Å²) < 4.78 is 32.9. The van der Waals surface area contributed by atoms with Gasteiger partial charge in [-0.2, -0.15) is 0 Å². The molecule has 0 saturated heterocycles. The van der Waals surface area contributed by atoms with Gasteiger partial charge in [0.15, 0.2) is 0 Å². The zero-order chi connectivity index (χ0) is 16.3. The molecule has 2 aromatic carbocycles. The largest absolute Gasteiger partial charge is 0.571 e. The third-order valence-electron chi connectivity index (χ3n) is 2.72. The van der Waals surface area contributed by atoms with Crippen molar-refractivity contribution in [1.82, 2.24) is 0 Å². The van der Waals surface area contributed by atoms with Crippen LogP contribution in [0.1, 0.15) is 0 Å². The van der Waals surface area contributed by atoms with Crippen molar-refractivity contribution in [2.75, 3.05) is 7.11 Å². The molecule has 2 aromatic rings. The number of nitro benzene ring substituents is 1. The van der Waals surface area contributed by atoms with E-state index in [0.29, 0.717) is 5.75 Å². The van der Waals surface area contributed by atoms with Crippen molar-refractivity contribution < 1.29 is 18.1 Å². The second-order valence-electron chi connectivity index (χ2n) is 4.13. The molecule has 0 aromatic heterocycles. The first kappa shape index (κ1) is 16.1. The van der Waals surface area contributed by atoms with Gasteiger partial charge in [0.25, 0.3) is 5.69 Å². The molecule has 0 amide bonds. The summed E-state index contributed by atoms with van der Waals surface area (Å²) in [7, 11) is -2.59. The van der Waals surface area contributed by atoms with E-state index in [0.717, 1.165) is 6.07 Å². The number of methoxy groups -OCH3 is 1. The van der Waals surface area contributed by atoms with Gasteiger partial charge in [0, 0.05) is 17.2 Å². The van der Waals surface area contributed by atoms with E-state index in [1.54, 1.807) is 0 Å². The van der Waals surface area contributed by atoms with Gasteiger partial charge < -0.3 is 9.46 Å². The van der Waals surface area contributed by atoms with E-state index >= 15 is 0 Å². The Balaban J connectivity index is 2.35. The Hall–Kier alpha value is -2.32. The molecule has 0 aliphatic carbocycles. The number of rotatable bonds is 5. The monoisotopic (exact) mass is 341 g/mol. The smallest absolute Gasteiger partial charge is 0.268 e. The molecule has 7 nitrogen and oxygen atoms in total. The summed E-state index contributed by atoms with van der Waals surface area (Å²) in [6.45, 7) is 0. The molecule has 9 heteroatoms. The second-order valence-corrected chi connectivity index (χ2v) is 6.15. The van der Waals surface area contributed by atoms with Crippen molar-refractivity contribution in [3.8, 4) is 5.75 Å². The number of halogens is 1. The third kappa shape index (κ3) is 3.46. The minimum atomic E-state index is -4.04. The number of benzene rings is 2. The molecule has 0 aliphatic heterocycles. The Morgan fingerprint density at radius 3 is 2.36 bits per heavy atom. The number of sulfonamides is 1. The first-order chi connectivity index (χ1) is 10.3. The Morgan fingerprint density at radius 2 is 1.82 bits per heavy atom. The summed E-state index contributed by atoms with van der Waals surface area (Å²) in [5.74, 6) is 0.493. The minimum absolute atomic E-state index is 0.00249. The van der Waals surface area contributed by atoms with E-state index in [1.165, 1.54) is 43.5 Å². The first-order valence-electron chi connectivity index (χ1n) is 5.89. The van der Waals surface area contributed by atoms with Crippen LogP contribution in [0.5, 0.6) is 5.75 Å². The van der Waals surface area contributed by atoms with Crippen LogP contribution in [0.4, 0.5) is 11.4 Å². The fourth-order valence-electron chi connectivity index (χ4n) is 1.61. The first-order valence-corrected chi connectivity index (χ1v) is 7.71. The molecule has 0 fully saturated rings. The fraction of sp³-hybridized carbons (Fsp3) is 0.0769. The van der Waals surface area contributed by atoms with E-state index in [-0.39, 0.29) is 21.3 Å². The van der Waals surface area contributed by atoms with Crippen LogP contribution in [-0.4, -0.2) is 20.5 Å². The summed E-state index contributed by atoms with van der Waals surface area (Å²) in [4.78, 5) is 10.00. The van der Waals surface area contributed by atoms with E-state index in [9.17, 15) is 18.5 Å². The number of hydrogen-bond donors (Lipinski definition) is 0. The Morgan fingerprint density at radius 1 is 1.18 bits per heavy atom. The predicted octanol–water partition coefficient (Wildman–Crippen LogP) is 3.65. The van der Waals surface area contributed by atoms with Crippen molar-refractivity contribution in [3.05, 3.63) is 62.3 Å². The standard InChI is InChI=1S/C13H10ClN2O5S/c1-21-10-3-5-11(6-4-10)22(19,20)15-13-8-9(16(17)18)2-7-12(13)14/h2-8H,1H3/q-1. The Bertz CT molecular complexity index is 806. The number of non-ortho nitro benzene ring substituents is 1. The van der Waals surface area contributed by atoms with Crippen LogP contribution in [0.2, 0.25) is 5.02 Å². The lowest BCUT2D eigenvalue weighted by molar-refractivity contribution is -0.384. The topological polar surface area (TPSA) is 101 Å². The second kappa shape index (κ2) is 6.20. The van der Waals surface area contributed by atoms with Gasteiger partial charge in [-0.3, -0.25) is 10.1 Å². The highest BCUT2D eigenvalue weighted by atomic mass is 35.5. The van der Waals surface area contributed by atoms with Crippen molar-refractivity contribution in [2.24, 2.45) is 0 Å². The number of ether oxygens (including phenoxy) is 1. The van der Waals surface area contributed by atoms with Crippen molar-refractivity contribution in [1.29, 1.82) is 0 Å². The maximum Gasteiger partial charge on any atom is 0.268 e. The molecule has 0 radical (unpaired) electrons. The van der Waals surface area contributed by atoms with E-state index < -0.39 is 14.9 Å². The zero-order valence-electron chi connectivity index (χ0n) is 11.3. The minimum Gasteiger partial charge on any atom is -0.571 e. The third-order valence-corrected chi connectivity index (χ3v) is 4.34. The summed E-state index contributed by atoms with van der Waals surface area (Å²) in [5, 5.41) is 10.7. The van der Waals surface area contributed by atoms with E-state index in [4.69, 9.17) is 16.3 Å². The average Bonchev–Trinajstić information content (AvgIpc) is 2.49. The van der Waals surface area contributed by atoms with Crippen LogP contribution >= 0.6 is 11.6 Å². The van der Waals surface area contributed by atoms with Gasteiger partial charge in [-0.25, -0.2) is 8.42 Å². The van der Waals surface area contributed by atoms with Gasteiger partial charge >= 0.3 is 0 Å². The SMILES string of the molecule is COc1ccc(S(=O)(=O)[N-]c2cc([N+](=O)[O-])ccc2Cl)cc1. The molecule has 0 unspecified atom stereocenters. The van der Waals surface area contributed by atoms with Gasteiger partial charge in [0.1, 0.15) is 15.8 Å². The highest BCUT2D eigenvalue weighted by Gasteiger charge is 2.10. The lowest BCUT2D eigenvalue weighted by atomic mass is 10.3. The fourth-order valence-corrected chi connectivity index (χ4v) is 2.82. The quantitative estimate of drug-likeness (QED) is 0.610. The van der Waals surface area contributed by atoms with Gasteiger partial charge in [-0.15, -0.1) is 5.69 Å². The van der Waals surface area contributed by atoms with Crippen molar-refractivity contribution in [2.45, 2.75) is 4.90 Å². The van der Waals surface area contributed by atoms with Crippen LogP contribution in [-0.2, 0) is 10.0 Å². The van der Waals surface area contributed by atoms with Gasteiger partial charge in [0.2, 0.25) is 0 Å². The molecule has 22 heavy (non-hydrogen) atoms. The normalized spacial score (nSPS) is 11.0. The summed E-state index contributed by atoms with van der Waals surface area (Å²) in [6.07, 6.45) is 0. The van der Waals surface area contributed by atoms with Crippen LogP contribution in [0.3, 0.4) is 0 Å².